The van der Waals surface area contributed by atoms with Gasteiger partial charge in [-0.05, 0) is 131 Å². The van der Waals surface area contributed by atoms with E-state index in [2.05, 4.69) is 49.5 Å². The molecule has 6 heterocycles. The Bertz CT molecular complexity index is 4330. The number of nitrogens with two attached hydrogens (primary N) is 1. The fourth-order valence-corrected chi connectivity index (χ4v) is 12.7. The number of hydrogen-bond donors (Lipinski definition) is 16. The van der Waals surface area contributed by atoms with E-state index >= 15 is 24.0 Å². The van der Waals surface area contributed by atoms with Gasteiger partial charge >= 0.3 is 0 Å². The number of aromatic hydroxyl groups is 6. The highest BCUT2D eigenvalue weighted by Crippen LogP contribution is 2.49. The zero-order chi connectivity index (χ0) is 69.8. The van der Waals surface area contributed by atoms with Crippen LogP contribution in [0.2, 0.25) is 10.0 Å². The number of carbonyl (C=O) groups excluding carboxylic acids is 7. The van der Waals surface area contributed by atoms with Crippen molar-refractivity contribution in [1.82, 2.24) is 42.5 Å². The lowest BCUT2D eigenvalue weighted by Gasteiger charge is -2.31. The van der Waals surface area contributed by atoms with Gasteiger partial charge in [0, 0.05) is 37.2 Å². The number of benzene rings is 7. The Hall–Kier alpha value is -10.5. The molecule has 0 spiro atoms. The van der Waals surface area contributed by atoms with Crippen LogP contribution in [0.5, 0.6) is 69.0 Å². The molecule has 98 heavy (non-hydrogen) atoms. The zero-order valence-electron chi connectivity index (χ0n) is 52.8. The number of fused-ring (bicyclic) bond motifs is 14. The van der Waals surface area contributed by atoms with Crippen LogP contribution in [0.15, 0.2) is 109 Å². The third-order valence-corrected chi connectivity index (χ3v) is 18.1. The molecule has 28 heteroatoms. The SMILES string of the molecule is CCCCCCCCCCNCc1c(O)cc2c(c1O)-c1cc(ccc1O)[C@@H]1NC(=O)[C@H]3NC(=O)[C@H]4NC(=O)[C@H](Cc5ccc(c(Cl)c5)Oc5cc3cc(c5O)Oc3ccc(cc3Cl)C(O)[C@H](NC1=O)C(=O)N[C@@H]2C(=O)NC)NC(=O)[C@H](N)c1ccc(O)c(c1)Oc1cc(O)cc4c1. The Kier molecular flexibility index (Phi) is 20.7. The molecule has 512 valence electrons. The van der Waals surface area contributed by atoms with Gasteiger partial charge in [-0.3, -0.25) is 33.6 Å². The highest BCUT2D eigenvalue weighted by atomic mass is 35.5. The van der Waals surface area contributed by atoms with E-state index < -0.39 is 136 Å². The van der Waals surface area contributed by atoms with Gasteiger partial charge in [-0.2, -0.15) is 0 Å². The van der Waals surface area contributed by atoms with Crippen LogP contribution in [-0.4, -0.2) is 103 Å². The molecule has 17 N–H and O–H groups in total. The fourth-order valence-electron chi connectivity index (χ4n) is 12.2. The lowest BCUT2D eigenvalue weighted by Crippen LogP contribution is -2.55. The van der Waals surface area contributed by atoms with Crippen molar-refractivity contribution in [3.8, 4) is 80.1 Å². The fraction of sp³-hybridized carbons (Fsp3) is 0.300. The molecular weight excluding hydrogens is 1310 g/mol. The minimum absolute atomic E-state index is 0.0906. The Balaban J connectivity index is 1.09. The third kappa shape index (κ3) is 14.7. The predicted molar refractivity (Wildman–Crippen MR) is 356 cm³/mol. The Morgan fingerprint density at radius 1 is 0.541 bits per heavy atom. The highest BCUT2D eigenvalue weighted by Gasteiger charge is 2.42. The number of phenolic OH excluding ortho intramolecular Hbond substituents is 6. The van der Waals surface area contributed by atoms with Gasteiger partial charge in [0.05, 0.1) is 15.6 Å². The summed E-state index contributed by atoms with van der Waals surface area (Å²) in [4.78, 5) is 106. The largest absolute Gasteiger partial charge is 0.508 e. The summed E-state index contributed by atoms with van der Waals surface area (Å²) in [5.41, 5.74) is 5.04. The first-order valence-corrected chi connectivity index (χ1v) is 32.5. The Labute approximate surface area is 570 Å². The highest BCUT2D eigenvalue weighted by molar-refractivity contribution is 6.32. The van der Waals surface area contributed by atoms with Crippen molar-refractivity contribution < 1.29 is 83.5 Å². The molecule has 13 rings (SSSR count). The van der Waals surface area contributed by atoms with Crippen molar-refractivity contribution in [1.29, 1.82) is 0 Å². The lowest BCUT2D eigenvalue weighted by molar-refractivity contribution is -0.137. The minimum Gasteiger partial charge on any atom is -0.508 e. The van der Waals surface area contributed by atoms with Crippen LogP contribution in [0.4, 0.5) is 0 Å². The Morgan fingerprint density at radius 3 is 1.81 bits per heavy atom. The molecule has 0 saturated carbocycles. The summed E-state index contributed by atoms with van der Waals surface area (Å²) in [5, 5.41) is 104. The second-order valence-electron chi connectivity index (χ2n) is 24.3. The summed E-state index contributed by atoms with van der Waals surface area (Å²) in [6.45, 7) is 2.47. The van der Waals surface area contributed by atoms with E-state index in [1.165, 1.54) is 86.3 Å². The van der Waals surface area contributed by atoms with Crippen LogP contribution in [0.3, 0.4) is 0 Å². The molecule has 0 saturated heterocycles. The van der Waals surface area contributed by atoms with Gasteiger partial charge in [0.25, 0.3) is 0 Å². The maximum Gasteiger partial charge on any atom is 0.248 e. The summed E-state index contributed by atoms with van der Waals surface area (Å²) in [6.07, 6.45) is 5.90. The first kappa shape index (κ1) is 68.9. The molecule has 0 aliphatic carbocycles. The molecule has 1 unspecified atom stereocenters. The van der Waals surface area contributed by atoms with Crippen LogP contribution >= 0.6 is 23.2 Å². The second-order valence-corrected chi connectivity index (χ2v) is 25.1. The number of carbonyl (C=O) groups is 7. The van der Waals surface area contributed by atoms with Gasteiger partial charge in [0.2, 0.25) is 47.1 Å². The molecule has 7 amide bonds. The van der Waals surface area contributed by atoms with Crippen LogP contribution in [0, 0.1) is 0 Å². The van der Waals surface area contributed by atoms with Crippen molar-refractivity contribution in [2.24, 2.45) is 5.73 Å². The number of ether oxygens (including phenoxy) is 3. The maximum absolute atomic E-state index is 16.0. The van der Waals surface area contributed by atoms with Crippen molar-refractivity contribution >= 4 is 64.6 Å². The van der Waals surface area contributed by atoms with Gasteiger partial charge in [0.15, 0.2) is 23.0 Å². The number of aliphatic hydroxyl groups excluding tert-OH is 1. The summed E-state index contributed by atoms with van der Waals surface area (Å²) < 4.78 is 18.6. The van der Waals surface area contributed by atoms with Crippen molar-refractivity contribution in [3.63, 3.8) is 0 Å². The maximum atomic E-state index is 16.0. The van der Waals surface area contributed by atoms with Gasteiger partial charge in [-0.15, -0.1) is 0 Å². The summed E-state index contributed by atoms with van der Waals surface area (Å²) in [7, 11) is 1.24. The molecule has 6 aliphatic rings. The number of amides is 7. The molecule has 0 radical (unpaired) electrons. The van der Waals surface area contributed by atoms with E-state index in [-0.39, 0.29) is 96.1 Å². The first-order valence-electron chi connectivity index (χ1n) is 31.7. The molecular formula is C70H71Cl2N9O17. The van der Waals surface area contributed by atoms with Crippen molar-refractivity contribution in [2.75, 3.05) is 13.6 Å². The van der Waals surface area contributed by atoms with Crippen LogP contribution in [0.1, 0.15) is 139 Å². The van der Waals surface area contributed by atoms with Crippen molar-refractivity contribution in [3.05, 3.63) is 164 Å². The third-order valence-electron chi connectivity index (χ3n) is 17.5. The van der Waals surface area contributed by atoms with Crippen LogP contribution < -0.4 is 62.5 Å². The average Bonchev–Trinajstić information content (AvgIpc) is 0.744. The Morgan fingerprint density at radius 2 is 1.13 bits per heavy atom. The number of likely N-dealkylation sites (N-methyl/N-ethyl adjacent to an activating group) is 1. The van der Waals surface area contributed by atoms with Crippen molar-refractivity contribution in [2.45, 2.75) is 120 Å². The average molecular weight is 1380 g/mol. The number of unbranched alkanes of at least 4 members (excludes halogenated alkanes) is 7. The standard InChI is InChI=1S/C70H71Cl2N9O17/c1-3-4-5-6-7-8-9-10-19-75-31-42-48(85)30-41-54(62(42)87)40-24-34(13-15-46(40)83)56-67(92)81-60(70(95)80-59(41)66(91)74-2)61(86)35-14-18-50(44(72)25-35)98-53-28-37-27-52(63(53)88)97-49-17-11-32(20-43(49)71)21-45-64(89)77-57(68(93)79-58(37)69(94)78-56)36-22-38(82)29-39(23-36)96-51-26-33(12-16-47(51)84)55(73)65(90)76-45/h11-18,20,22-30,45,55-61,75,82-88H,3-10,19,21,31,73H2,1-2H3,(H,74,91)(H,76,90)(H,77,89)(H,78,94)(H,79,93)(H,80,95)(H,81,92)/t45-,55+,56-,57-,58-,59-,60-,61?/m0/s1. The first-order chi connectivity index (χ1) is 47.0. The number of nitrogens with one attached hydrogen (secondary N) is 8. The smallest absolute Gasteiger partial charge is 0.248 e. The predicted octanol–water partition coefficient (Wildman–Crippen LogP) is 7.88. The summed E-state index contributed by atoms with van der Waals surface area (Å²) in [5.74, 6) is -13.3. The number of aliphatic hydroxyl groups is 1. The molecule has 7 aromatic rings. The van der Waals surface area contributed by atoms with E-state index in [0.717, 1.165) is 81.3 Å². The lowest BCUT2D eigenvalue weighted by atomic mass is 9.87. The van der Waals surface area contributed by atoms with E-state index in [9.17, 15) is 45.3 Å². The normalized spacial score (nSPS) is 20.7. The number of halogens is 2. The molecule has 26 nitrogen and oxygen atoms in total. The van der Waals surface area contributed by atoms with Crippen LogP contribution in [0.25, 0.3) is 11.1 Å². The molecule has 8 atom stereocenters. The second kappa shape index (κ2) is 29.5. The quantitative estimate of drug-likeness (QED) is 0.0517. The van der Waals surface area contributed by atoms with E-state index in [1.54, 1.807) is 0 Å². The summed E-state index contributed by atoms with van der Waals surface area (Å²) in [6, 6.07) is 8.71. The van der Waals surface area contributed by atoms with E-state index in [1.807, 2.05) is 0 Å². The number of hydrogen-bond acceptors (Lipinski definition) is 19. The zero-order valence-corrected chi connectivity index (χ0v) is 54.3. The van der Waals surface area contributed by atoms with Gasteiger partial charge in [-0.25, -0.2) is 0 Å². The van der Waals surface area contributed by atoms with E-state index in [0.29, 0.717) is 12.1 Å². The van der Waals surface area contributed by atoms with E-state index in [4.69, 9.17) is 43.1 Å². The van der Waals surface area contributed by atoms with Crippen LogP contribution in [-0.2, 0) is 46.5 Å². The molecule has 7 aromatic carbocycles. The molecule has 0 fully saturated rings. The summed E-state index contributed by atoms with van der Waals surface area (Å²) >= 11 is 13.9. The van der Waals surface area contributed by atoms with Gasteiger partial charge in [0.1, 0.15) is 88.6 Å². The number of rotatable bonds is 12. The molecule has 0 aromatic heterocycles. The van der Waals surface area contributed by atoms with Gasteiger partial charge < -0.3 is 98.2 Å². The monoisotopic (exact) mass is 1380 g/mol. The molecule has 6 aliphatic heterocycles. The molecule has 17 bridgehead atoms. The minimum atomic E-state index is -2.16. The number of phenols is 6. The topological polar surface area (TPSA) is 411 Å². The van der Waals surface area contributed by atoms with Gasteiger partial charge in [-0.1, -0.05) is 99.3 Å².